The van der Waals surface area contributed by atoms with Crippen LogP contribution in [0.5, 0.6) is 0 Å². The molecule has 82 valence electrons. The molecular weight excluding hydrogens is 237 g/mol. The van der Waals surface area contributed by atoms with Crippen molar-refractivity contribution >= 4 is 17.3 Å². The molecule has 0 N–H and O–H groups in total. The standard InChI is InChI=1S/C7H4ClF3N2O2/c8-2-4-1-5(7(9,10)11)6(3-12-4)13(14)15/h1,3H,2H2. The molecule has 0 bridgehead atoms. The smallest absolute Gasteiger partial charge is 0.258 e. The Bertz CT molecular complexity index is 394. The second kappa shape index (κ2) is 4.01. The Morgan fingerprint density at radius 2 is 2.13 bits per heavy atom. The first kappa shape index (κ1) is 11.7. The molecule has 0 saturated heterocycles. The molecule has 8 heteroatoms. The van der Waals surface area contributed by atoms with Crippen LogP contribution in [0.1, 0.15) is 11.3 Å². The number of hydrogen-bond acceptors (Lipinski definition) is 3. The van der Waals surface area contributed by atoms with Gasteiger partial charge in [-0.05, 0) is 6.07 Å². The highest BCUT2D eigenvalue weighted by Gasteiger charge is 2.38. The summed E-state index contributed by atoms with van der Waals surface area (Å²) in [6, 6.07) is 0.575. The lowest BCUT2D eigenvalue weighted by atomic mass is 10.2. The van der Waals surface area contributed by atoms with Crippen molar-refractivity contribution < 1.29 is 18.1 Å². The Labute approximate surface area is 86.8 Å². The molecular formula is C7H4ClF3N2O2. The van der Waals surface area contributed by atoms with E-state index in [9.17, 15) is 23.3 Å². The lowest BCUT2D eigenvalue weighted by molar-refractivity contribution is -0.388. The van der Waals surface area contributed by atoms with Crippen molar-refractivity contribution in [3.63, 3.8) is 0 Å². The third-order valence-electron chi connectivity index (χ3n) is 1.58. The van der Waals surface area contributed by atoms with Crippen LogP contribution in [0.25, 0.3) is 0 Å². The van der Waals surface area contributed by atoms with E-state index in [0.717, 1.165) is 0 Å². The average molecular weight is 241 g/mol. The van der Waals surface area contributed by atoms with E-state index in [1.165, 1.54) is 0 Å². The predicted molar refractivity (Wildman–Crippen MR) is 45.5 cm³/mol. The van der Waals surface area contributed by atoms with Crippen molar-refractivity contribution in [2.75, 3.05) is 0 Å². The van der Waals surface area contributed by atoms with Gasteiger partial charge in [-0.1, -0.05) is 0 Å². The van der Waals surface area contributed by atoms with E-state index in [-0.39, 0.29) is 11.6 Å². The van der Waals surface area contributed by atoms with Gasteiger partial charge in [0.05, 0.1) is 16.5 Å². The molecule has 1 heterocycles. The van der Waals surface area contributed by atoms with E-state index >= 15 is 0 Å². The first-order chi connectivity index (χ1) is 6.86. The minimum Gasteiger partial charge on any atom is -0.258 e. The van der Waals surface area contributed by atoms with E-state index < -0.39 is 22.4 Å². The number of aromatic nitrogens is 1. The molecule has 0 saturated carbocycles. The van der Waals surface area contributed by atoms with E-state index in [1.807, 2.05) is 0 Å². The first-order valence-electron chi connectivity index (χ1n) is 3.62. The second-order valence-electron chi connectivity index (χ2n) is 2.58. The number of hydrogen-bond donors (Lipinski definition) is 0. The first-order valence-corrected chi connectivity index (χ1v) is 4.16. The van der Waals surface area contributed by atoms with Gasteiger partial charge in [0.15, 0.2) is 0 Å². The van der Waals surface area contributed by atoms with Crippen LogP contribution in [0.2, 0.25) is 0 Å². The Kier molecular flexibility index (Phi) is 3.13. The lowest BCUT2D eigenvalue weighted by Gasteiger charge is -2.07. The van der Waals surface area contributed by atoms with Gasteiger partial charge >= 0.3 is 6.18 Å². The van der Waals surface area contributed by atoms with Crippen LogP contribution in [0.15, 0.2) is 12.3 Å². The largest absolute Gasteiger partial charge is 0.423 e. The van der Waals surface area contributed by atoms with Gasteiger partial charge in [-0.15, -0.1) is 11.6 Å². The molecule has 4 nitrogen and oxygen atoms in total. The molecule has 1 aromatic rings. The molecule has 0 radical (unpaired) electrons. The Morgan fingerprint density at radius 1 is 1.53 bits per heavy atom. The highest BCUT2D eigenvalue weighted by molar-refractivity contribution is 6.16. The molecule has 0 aliphatic heterocycles. The summed E-state index contributed by atoms with van der Waals surface area (Å²) in [6.45, 7) is 0. The average Bonchev–Trinajstić information content (AvgIpc) is 2.15. The molecule has 0 aliphatic rings. The molecule has 0 aliphatic carbocycles. The molecule has 0 atom stereocenters. The zero-order valence-electron chi connectivity index (χ0n) is 7.08. The van der Waals surface area contributed by atoms with Gasteiger partial charge < -0.3 is 0 Å². The van der Waals surface area contributed by atoms with E-state index in [1.54, 1.807) is 0 Å². The van der Waals surface area contributed by atoms with E-state index in [4.69, 9.17) is 11.6 Å². The maximum Gasteiger partial charge on any atom is 0.423 e. The van der Waals surface area contributed by atoms with Gasteiger partial charge in [0.25, 0.3) is 5.69 Å². The predicted octanol–water partition coefficient (Wildman–Crippen LogP) is 2.75. The number of pyridine rings is 1. The summed E-state index contributed by atoms with van der Waals surface area (Å²) >= 11 is 5.28. The molecule has 0 fully saturated rings. The quantitative estimate of drug-likeness (QED) is 0.454. The number of halogens is 4. The Hall–Kier alpha value is -1.37. The maximum absolute atomic E-state index is 12.3. The Morgan fingerprint density at radius 3 is 2.53 bits per heavy atom. The third kappa shape index (κ3) is 2.56. The van der Waals surface area contributed by atoms with Crippen LogP contribution in [0.4, 0.5) is 18.9 Å². The lowest BCUT2D eigenvalue weighted by Crippen LogP contribution is -2.10. The van der Waals surface area contributed by atoms with Crippen molar-refractivity contribution in [2.24, 2.45) is 0 Å². The Balaban J connectivity index is 3.36. The number of nitro groups is 1. The normalized spacial score (nSPS) is 11.5. The van der Waals surface area contributed by atoms with Crippen LogP contribution in [0, 0.1) is 10.1 Å². The van der Waals surface area contributed by atoms with Gasteiger partial charge in [-0.25, -0.2) is 0 Å². The fourth-order valence-corrected chi connectivity index (χ4v) is 1.08. The number of rotatable bonds is 2. The van der Waals surface area contributed by atoms with Crippen LogP contribution < -0.4 is 0 Å². The summed E-state index contributed by atoms with van der Waals surface area (Å²) in [5.41, 5.74) is -2.47. The highest BCUT2D eigenvalue weighted by Crippen LogP contribution is 2.35. The van der Waals surface area contributed by atoms with Crippen molar-refractivity contribution in [1.29, 1.82) is 0 Å². The molecule has 0 spiro atoms. The molecule has 1 aromatic heterocycles. The SMILES string of the molecule is O=[N+]([O-])c1cnc(CCl)cc1C(F)(F)F. The summed E-state index contributed by atoms with van der Waals surface area (Å²) in [5, 5.41) is 10.3. The van der Waals surface area contributed by atoms with Crippen molar-refractivity contribution in [1.82, 2.24) is 4.98 Å². The van der Waals surface area contributed by atoms with Crippen LogP contribution >= 0.6 is 11.6 Å². The van der Waals surface area contributed by atoms with Crippen molar-refractivity contribution in [3.05, 3.63) is 33.6 Å². The summed E-state index contributed by atoms with van der Waals surface area (Å²) in [4.78, 5) is 12.6. The van der Waals surface area contributed by atoms with E-state index in [2.05, 4.69) is 4.98 Å². The monoisotopic (exact) mass is 240 g/mol. The van der Waals surface area contributed by atoms with Crippen LogP contribution in [-0.4, -0.2) is 9.91 Å². The minimum absolute atomic E-state index is 0.0606. The zero-order chi connectivity index (χ0) is 11.6. The fraction of sp³-hybridized carbons (Fsp3) is 0.286. The summed E-state index contributed by atoms with van der Waals surface area (Å²) in [6.07, 6.45) is -4.23. The zero-order valence-corrected chi connectivity index (χ0v) is 7.84. The van der Waals surface area contributed by atoms with Crippen LogP contribution in [0.3, 0.4) is 0 Å². The number of alkyl halides is 4. The van der Waals surface area contributed by atoms with Gasteiger partial charge in [-0.2, -0.15) is 13.2 Å². The molecule has 1 rings (SSSR count). The minimum atomic E-state index is -4.79. The molecule has 0 aromatic carbocycles. The van der Waals surface area contributed by atoms with Gasteiger partial charge in [0.2, 0.25) is 0 Å². The third-order valence-corrected chi connectivity index (χ3v) is 1.85. The van der Waals surface area contributed by atoms with Gasteiger partial charge in [0.1, 0.15) is 11.8 Å². The van der Waals surface area contributed by atoms with E-state index in [0.29, 0.717) is 12.3 Å². The van der Waals surface area contributed by atoms with Gasteiger partial charge in [-0.3, -0.25) is 15.1 Å². The van der Waals surface area contributed by atoms with Crippen molar-refractivity contribution in [3.8, 4) is 0 Å². The van der Waals surface area contributed by atoms with Gasteiger partial charge in [0, 0.05) is 0 Å². The highest BCUT2D eigenvalue weighted by atomic mass is 35.5. The maximum atomic E-state index is 12.3. The summed E-state index contributed by atoms with van der Waals surface area (Å²) in [7, 11) is 0. The van der Waals surface area contributed by atoms with Crippen LogP contribution in [-0.2, 0) is 12.1 Å². The fourth-order valence-electron chi connectivity index (χ4n) is 0.937. The molecule has 0 unspecified atom stereocenters. The summed E-state index contributed by atoms with van der Waals surface area (Å²) < 4.78 is 37.0. The second-order valence-corrected chi connectivity index (χ2v) is 2.85. The topological polar surface area (TPSA) is 56.0 Å². The molecule has 15 heavy (non-hydrogen) atoms. The molecule has 0 amide bonds. The number of nitrogens with zero attached hydrogens (tertiary/aromatic N) is 2. The van der Waals surface area contributed by atoms with Crippen molar-refractivity contribution in [2.45, 2.75) is 12.1 Å². The summed E-state index contributed by atoms with van der Waals surface area (Å²) in [5.74, 6) is -0.235.